The van der Waals surface area contributed by atoms with E-state index in [1.165, 1.54) is 17.8 Å². The van der Waals surface area contributed by atoms with Gasteiger partial charge in [-0.2, -0.15) is 0 Å². The molecular weight excluding hydrogens is 474 g/mol. The molecule has 3 aromatic rings. The standard InChI is InChI=1S/C27H33N3O4S.CH4/c1-5-6-7-8-16-30-18(2)23(25(32)28-20-10-9-11-21(31)17-20)29-24(30)19-12-14-22(15-13-19)35-27(3,4)26(33)34;/h9-15,17,31H,5-8,16H2,1-4H3,(H,28,32)(H,33,34);1H4. The number of nitrogens with one attached hydrogen (secondary N) is 1. The summed E-state index contributed by atoms with van der Waals surface area (Å²) in [7, 11) is 0. The molecule has 0 fully saturated rings. The van der Waals surface area contributed by atoms with Crippen molar-refractivity contribution in [1.82, 2.24) is 9.55 Å². The molecule has 1 heterocycles. The van der Waals surface area contributed by atoms with Gasteiger partial charge in [-0.3, -0.25) is 9.59 Å². The average molecular weight is 512 g/mol. The van der Waals surface area contributed by atoms with Crippen molar-refractivity contribution in [3.63, 3.8) is 0 Å². The molecule has 2 aromatic carbocycles. The number of carbonyl (C=O) groups excluding carboxylic acids is 1. The van der Waals surface area contributed by atoms with Crippen LogP contribution in [-0.4, -0.2) is 36.4 Å². The van der Waals surface area contributed by atoms with Crippen molar-refractivity contribution in [2.45, 2.75) is 77.0 Å². The second-order valence-electron chi connectivity index (χ2n) is 9.03. The predicted octanol–water partition coefficient (Wildman–Crippen LogP) is 6.99. The van der Waals surface area contributed by atoms with Gasteiger partial charge in [-0.05, 0) is 51.5 Å². The minimum atomic E-state index is -0.938. The van der Waals surface area contributed by atoms with E-state index in [2.05, 4.69) is 16.8 Å². The number of benzene rings is 2. The summed E-state index contributed by atoms with van der Waals surface area (Å²) in [6.45, 7) is 8.17. The van der Waals surface area contributed by atoms with Crippen LogP contribution in [0.5, 0.6) is 5.75 Å². The number of carbonyl (C=O) groups is 2. The highest BCUT2D eigenvalue weighted by molar-refractivity contribution is 8.01. The van der Waals surface area contributed by atoms with E-state index in [4.69, 9.17) is 4.98 Å². The van der Waals surface area contributed by atoms with Crippen molar-refractivity contribution in [2.24, 2.45) is 0 Å². The first-order chi connectivity index (χ1) is 16.6. The predicted molar refractivity (Wildman–Crippen MR) is 147 cm³/mol. The van der Waals surface area contributed by atoms with Crippen LogP contribution < -0.4 is 5.32 Å². The Labute approximate surface area is 218 Å². The highest BCUT2D eigenvalue weighted by atomic mass is 32.2. The molecule has 36 heavy (non-hydrogen) atoms. The van der Waals surface area contributed by atoms with Crippen molar-refractivity contribution in [3.05, 3.63) is 59.9 Å². The molecule has 0 aliphatic heterocycles. The molecule has 0 spiro atoms. The summed E-state index contributed by atoms with van der Waals surface area (Å²) in [5, 5.41) is 21.9. The summed E-state index contributed by atoms with van der Waals surface area (Å²) in [5.74, 6) is -0.427. The maximum absolute atomic E-state index is 13.1. The van der Waals surface area contributed by atoms with E-state index in [9.17, 15) is 19.8 Å². The number of aliphatic carboxylic acids is 1. The largest absolute Gasteiger partial charge is 0.508 e. The Morgan fingerprint density at radius 1 is 1.08 bits per heavy atom. The van der Waals surface area contributed by atoms with Crippen LogP contribution in [0, 0.1) is 6.92 Å². The van der Waals surface area contributed by atoms with Crippen LogP contribution in [0.1, 0.15) is 70.1 Å². The van der Waals surface area contributed by atoms with E-state index in [0.717, 1.165) is 48.4 Å². The third kappa shape index (κ3) is 7.13. The number of phenolic OH excluding ortho intramolecular Hbond substituents is 1. The van der Waals surface area contributed by atoms with Gasteiger partial charge in [0.15, 0.2) is 0 Å². The maximum Gasteiger partial charge on any atom is 0.319 e. The van der Waals surface area contributed by atoms with Crippen molar-refractivity contribution in [3.8, 4) is 17.1 Å². The summed E-state index contributed by atoms with van der Waals surface area (Å²) in [6, 6.07) is 14.0. The fraction of sp³-hybridized carbons (Fsp3) is 0.393. The number of unbranched alkanes of at least 4 members (excludes halogenated alkanes) is 3. The third-order valence-electron chi connectivity index (χ3n) is 5.78. The number of anilines is 1. The molecule has 7 nitrogen and oxygen atoms in total. The molecule has 0 bridgehead atoms. The highest BCUT2D eigenvalue weighted by Crippen LogP contribution is 2.34. The molecule has 0 atom stereocenters. The smallest absolute Gasteiger partial charge is 0.319 e. The topological polar surface area (TPSA) is 104 Å². The number of nitrogens with zero attached hydrogens (tertiary/aromatic N) is 2. The van der Waals surface area contributed by atoms with Gasteiger partial charge in [0.1, 0.15) is 22.0 Å². The summed E-state index contributed by atoms with van der Waals surface area (Å²) in [6.07, 6.45) is 4.36. The lowest BCUT2D eigenvalue weighted by Gasteiger charge is -2.18. The number of imidazole rings is 1. The van der Waals surface area contributed by atoms with Crippen LogP contribution in [0.2, 0.25) is 0 Å². The lowest BCUT2D eigenvalue weighted by atomic mass is 10.2. The van der Waals surface area contributed by atoms with Crippen LogP contribution in [0.4, 0.5) is 5.69 Å². The zero-order chi connectivity index (χ0) is 25.6. The summed E-state index contributed by atoms with van der Waals surface area (Å²) >= 11 is 1.29. The number of carboxylic acid groups (broad SMARTS) is 1. The Hall–Kier alpha value is -3.26. The second kappa shape index (κ2) is 12.6. The molecule has 0 aliphatic carbocycles. The number of rotatable bonds is 11. The van der Waals surface area contributed by atoms with Crippen LogP contribution in [0.25, 0.3) is 11.4 Å². The zero-order valence-corrected chi connectivity index (χ0v) is 21.5. The maximum atomic E-state index is 13.1. The highest BCUT2D eigenvalue weighted by Gasteiger charge is 2.28. The van der Waals surface area contributed by atoms with Crippen molar-refractivity contribution < 1.29 is 19.8 Å². The van der Waals surface area contributed by atoms with Crippen LogP contribution in [0.15, 0.2) is 53.4 Å². The first-order valence-electron chi connectivity index (χ1n) is 11.8. The minimum Gasteiger partial charge on any atom is -0.508 e. The molecule has 3 N–H and O–H groups in total. The fourth-order valence-electron chi connectivity index (χ4n) is 3.72. The zero-order valence-electron chi connectivity index (χ0n) is 20.7. The van der Waals surface area contributed by atoms with Crippen molar-refractivity contribution in [2.75, 3.05) is 5.32 Å². The Morgan fingerprint density at radius 2 is 1.78 bits per heavy atom. The van der Waals surface area contributed by atoms with Gasteiger partial charge < -0.3 is 20.1 Å². The first-order valence-corrected chi connectivity index (χ1v) is 12.6. The number of amides is 1. The van der Waals surface area contributed by atoms with Gasteiger partial charge in [0.2, 0.25) is 0 Å². The molecular formula is C28H37N3O4S. The molecule has 8 heteroatoms. The van der Waals surface area contributed by atoms with E-state index < -0.39 is 10.7 Å². The second-order valence-corrected chi connectivity index (χ2v) is 10.7. The number of carboxylic acids is 1. The minimum absolute atomic E-state index is 0. The fourth-order valence-corrected chi connectivity index (χ4v) is 4.67. The number of aromatic hydroxyl groups is 1. The molecule has 0 unspecified atom stereocenters. The van der Waals surface area contributed by atoms with Crippen LogP contribution in [-0.2, 0) is 11.3 Å². The molecule has 0 saturated heterocycles. The third-order valence-corrected chi connectivity index (χ3v) is 6.97. The number of hydrogen-bond acceptors (Lipinski definition) is 5. The summed E-state index contributed by atoms with van der Waals surface area (Å²) < 4.78 is 1.14. The average Bonchev–Trinajstić information content (AvgIpc) is 3.13. The number of phenols is 1. The molecule has 0 aliphatic rings. The number of hydrogen-bond donors (Lipinski definition) is 3. The molecule has 0 radical (unpaired) electrons. The van der Waals surface area contributed by atoms with Gasteiger partial charge in [0.25, 0.3) is 5.91 Å². The van der Waals surface area contributed by atoms with E-state index in [-0.39, 0.29) is 19.1 Å². The Bertz CT molecular complexity index is 1190. The van der Waals surface area contributed by atoms with Crippen LogP contribution in [0.3, 0.4) is 0 Å². The monoisotopic (exact) mass is 511 g/mol. The van der Waals surface area contributed by atoms with Crippen molar-refractivity contribution >= 4 is 29.3 Å². The Morgan fingerprint density at radius 3 is 2.39 bits per heavy atom. The molecule has 3 rings (SSSR count). The van der Waals surface area contributed by atoms with E-state index in [1.54, 1.807) is 32.0 Å². The van der Waals surface area contributed by atoms with E-state index in [1.807, 2.05) is 31.2 Å². The summed E-state index contributed by atoms with van der Waals surface area (Å²) in [5.41, 5.74) is 2.47. The van der Waals surface area contributed by atoms with Gasteiger partial charge >= 0.3 is 5.97 Å². The van der Waals surface area contributed by atoms with Crippen molar-refractivity contribution in [1.29, 1.82) is 0 Å². The van der Waals surface area contributed by atoms with Gasteiger partial charge in [0.05, 0.1) is 0 Å². The van der Waals surface area contributed by atoms with Gasteiger partial charge in [-0.1, -0.05) is 51.8 Å². The lowest BCUT2D eigenvalue weighted by Crippen LogP contribution is -2.26. The molecule has 194 valence electrons. The quantitative estimate of drug-likeness (QED) is 0.189. The van der Waals surface area contributed by atoms with Gasteiger partial charge in [-0.15, -0.1) is 11.8 Å². The summed E-state index contributed by atoms with van der Waals surface area (Å²) in [4.78, 5) is 30.1. The first kappa shape index (κ1) is 29.0. The van der Waals surface area contributed by atoms with E-state index in [0.29, 0.717) is 17.2 Å². The van der Waals surface area contributed by atoms with Gasteiger partial charge in [0, 0.05) is 34.5 Å². The lowest BCUT2D eigenvalue weighted by molar-refractivity contribution is -0.138. The molecule has 1 aromatic heterocycles. The normalized spacial score (nSPS) is 11.1. The SMILES string of the molecule is C.CCCCCCn1c(-c2ccc(SC(C)(C)C(=O)O)cc2)nc(C(=O)Nc2cccc(O)c2)c1C. The Balaban J connectivity index is 0.00000456. The molecule has 1 amide bonds. The Kier molecular flexibility index (Phi) is 10.2. The van der Waals surface area contributed by atoms with Gasteiger partial charge in [-0.25, -0.2) is 4.98 Å². The number of aromatic nitrogens is 2. The van der Waals surface area contributed by atoms with Crippen LogP contribution >= 0.6 is 11.8 Å². The number of thioether (sulfide) groups is 1. The molecule has 0 saturated carbocycles. The van der Waals surface area contributed by atoms with E-state index >= 15 is 0 Å².